The summed E-state index contributed by atoms with van der Waals surface area (Å²) in [5.41, 5.74) is 2.12. The lowest BCUT2D eigenvalue weighted by atomic mass is 9.88. The predicted molar refractivity (Wildman–Crippen MR) is 121 cm³/mol. The summed E-state index contributed by atoms with van der Waals surface area (Å²) in [5, 5.41) is 12.7. The van der Waals surface area contributed by atoms with Gasteiger partial charge in [0, 0.05) is 28.3 Å². The highest BCUT2D eigenvalue weighted by atomic mass is 32.1. The van der Waals surface area contributed by atoms with Crippen molar-refractivity contribution in [3.63, 3.8) is 0 Å². The first-order valence-corrected chi connectivity index (χ1v) is 11.0. The summed E-state index contributed by atoms with van der Waals surface area (Å²) >= 11 is 1.12. The van der Waals surface area contributed by atoms with Gasteiger partial charge in [0.25, 0.3) is 0 Å². The summed E-state index contributed by atoms with van der Waals surface area (Å²) in [5.74, 6) is -1.06. The van der Waals surface area contributed by atoms with Crippen molar-refractivity contribution in [1.82, 2.24) is 0 Å². The number of rotatable bonds is 7. The number of benzene rings is 2. The van der Waals surface area contributed by atoms with E-state index in [9.17, 15) is 19.1 Å². The number of aromatic carboxylic acids is 1. The van der Waals surface area contributed by atoms with Crippen molar-refractivity contribution in [2.75, 3.05) is 19.0 Å². The van der Waals surface area contributed by atoms with Gasteiger partial charge in [-0.3, -0.25) is 4.79 Å². The van der Waals surface area contributed by atoms with Crippen LogP contribution in [0.15, 0.2) is 42.5 Å². The molecule has 2 N–H and O–H groups in total. The normalized spacial score (nSPS) is 15.1. The van der Waals surface area contributed by atoms with Gasteiger partial charge in [0.05, 0.1) is 19.4 Å². The Morgan fingerprint density at radius 3 is 2.66 bits per heavy atom. The van der Waals surface area contributed by atoms with Gasteiger partial charge in [-0.1, -0.05) is 31.2 Å². The number of ether oxygens (including phenoxy) is 2. The molecule has 1 atom stereocenters. The molecule has 0 spiro atoms. The molecule has 0 unspecified atom stereocenters. The molecule has 3 aromatic rings. The molecule has 0 fully saturated rings. The summed E-state index contributed by atoms with van der Waals surface area (Å²) in [6, 6.07) is 11.1. The molecule has 0 saturated carbocycles. The Morgan fingerprint density at radius 2 is 2.00 bits per heavy atom. The van der Waals surface area contributed by atoms with Crippen LogP contribution in [0.25, 0.3) is 11.1 Å². The van der Waals surface area contributed by atoms with Gasteiger partial charge >= 0.3 is 5.97 Å². The van der Waals surface area contributed by atoms with Crippen LogP contribution in [0.5, 0.6) is 11.5 Å². The van der Waals surface area contributed by atoms with Crippen LogP contribution in [0, 0.1) is 5.82 Å². The number of nitrogens with one attached hydrogen (secondary N) is 1. The number of fused-ring (bicyclic) bond motifs is 1. The van der Waals surface area contributed by atoms with Crippen LogP contribution >= 0.6 is 11.3 Å². The van der Waals surface area contributed by atoms with Crippen molar-refractivity contribution >= 4 is 28.9 Å². The van der Waals surface area contributed by atoms with E-state index in [0.717, 1.165) is 28.2 Å². The Kier molecular flexibility index (Phi) is 6.14. The first-order chi connectivity index (χ1) is 15.4. The largest absolute Gasteiger partial charge is 0.493 e. The lowest BCUT2D eigenvalue weighted by Crippen LogP contribution is -2.23. The number of methoxy groups -OCH3 is 1. The van der Waals surface area contributed by atoms with Crippen LogP contribution < -0.4 is 14.8 Å². The Morgan fingerprint density at radius 1 is 1.25 bits per heavy atom. The topological polar surface area (TPSA) is 84.9 Å². The van der Waals surface area contributed by atoms with Crippen LogP contribution in [0.3, 0.4) is 0 Å². The zero-order valence-corrected chi connectivity index (χ0v) is 18.4. The second-order valence-electron chi connectivity index (χ2n) is 7.39. The van der Waals surface area contributed by atoms with E-state index in [4.69, 9.17) is 9.47 Å². The Labute approximate surface area is 188 Å². The number of anilines is 1. The highest BCUT2D eigenvalue weighted by Gasteiger charge is 2.36. The zero-order valence-electron chi connectivity index (χ0n) is 17.6. The minimum absolute atomic E-state index is 0.0905. The molecule has 32 heavy (non-hydrogen) atoms. The maximum atomic E-state index is 13.5. The molecular formula is C24H22FNO5S. The number of carbonyl (C=O) groups excluding carboxylic acids is 1. The van der Waals surface area contributed by atoms with Gasteiger partial charge in [0.15, 0.2) is 11.5 Å². The Hall–Kier alpha value is -3.39. The number of carboxylic acids is 1. The smallest absolute Gasteiger partial charge is 0.346 e. The second kappa shape index (κ2) is 9.00. The SMILES string of the molecule is CCCOc1c(OC)cccc1[C@H]1CC(=O)Nc2c1sc(C(=O)O)c2-c1ccc(F)cc1. The number of carboxylic acid groups (broad SMARTS) is 1. The highest BCUT2D eigenvalue weighted by Crippen LogP contribution is 2.51. The van der Waals surface area contributed by atoms with E-state index in [1.807, 2.05) is 19.1 Å². The van der Waals surface area contributed by atoms with Gasteiger partial charge in [0.2, 0.25) is 5.91 Å². The van der Waals surface area contributed by atoms with Crippen molar-refractivity contribution in [3.05, 3.63) is 63.6 Å². The van der Waals surface area contributed by atoms with Crippen LogP contribution in [0.4, 0.5) is 10.1 Å². The van der Waals surface area contributed by atoms with Gasteiger partial charge in [-0.05, 0) is 30.2 Å². The maximum Gasteiger partial charge on any atom is 0.346 e. The summed E-state index contributed by atoms with van der Waals surface area (Å²) < 4.78 is 24.9. The second-order valence-corrected chi connectivity index (χ2v) is 8.44. The van der Waals surface area contributed by atoms with Crippen LogP contribution in [-0.4, -0.2) is 30.7 Å². The van der Waals surface area contributed by atoms with Gasteiger partial charge < -0.3 is 19.9 Å². The van der Waals surface area contributed by atoms with E-state index >= 15 is 0 Å². The number of carbonyl (C=O) groups is 2. The fourth-order valence-electron chi connectivity index (χ4n) is 3.91. The summed E-state index contributed by atoms with van der Waals surface area (Å²) in [4.78, 5) is 25.6. The minimum atomic E-state index is -1.11. The lowest BCUT2D eigenvalue weighted by molar-refractivity contribution is -0.116. The van der Waals surface area contributed by atoms with Gasteiger partial charge in [0.1, 0.15) is 10.7 Å². The molecule has 2 aromatic carbocycles. The van der Waals surface area contributed by atoms with Crippen LogP contribution in [0.1, 0.15) is 45.8 Å². The molecule has 4 rings (SSSR count). The van der Waals surface area contributed by atoms with Crippen LogP contribution in [0.2, 0.25) is 0 Å². The van der Waals surface area contributed by atoms with Crippen molar-refractivity contribution in [2.45, 2.75) is 25.7 Å². The molecule has 1 amide bonds. The molecule has 2 heterocycles. The fourth-order valence-corrected chi connectivity index (χ4v) is 5.14. The highest BCUT2D eigenvalue weighted by molar-refractivity contribution is 7.15. The zero-order chi connectivity index (χ0) is 22.8. The van der Waals surface area contributed by atoms with Crippen molar-refractivity contribution in [1.29, 1.82) is 0 Å². The predicted octanol–water partition coefficient (Wildman–Crippen LogP) is 5.52. The third-order valence-electron chi connectivity index (χ3n) is 5.29. The van der Waals surface area contributed by atoms with E-state index in [2.05, 4.69) is 5.32 Å². The van der Waals surface area contributed by atoms with Gasteiger partial charge in [-0.25, -0.2) is 9.18 Å². The standard InChI is InChI=1S/C24H22FNO5S/c1-3-11-31-21-15(5-4-6-17(21)30-2)16-12-18(27)26-20-19(13-7-9-14(25)10-8-13)23(24(28)29)32-22(16)20/h4-10,16H,3,11-12H2,1-2H3,(H,26,27)(H,28,29)/t16-/m1/s1. The van der Waals surface area contributed by atoms with Gasteiger partial charge in [-0.2, -0.15) is 0 Å². The molecule has 0 aliphatic carbocycles. The number of thiophene rings is 1. The minimum Gasteiger partial charge on any atom is -0.493 e. The first-order valence-electron chi connectivity index (χ1n) is 10.2. The Balaban J connectivity index is 1.92. The first kappa shape index (κ1) is 21.8. The number of amides is 1. The monoisotopic (exact) mass is 455 g/mol. The molecule has 6 nitrogen and oxygen atoms in total. The van der Waals surface area contributed by atoms with E-state index in [-0.39, 0.29) is 17.2 Å². The number of hydrogen-bond donors (Lipinski definition) is 2. The third-order valence-corrected chi connectivity index (χ3v) is 6.58. The molecule has 0 bridgehead atoms. The van der Waals surface area contributed by atoms with Crippen molar-refractivity contribution in [2.24, 2.45) is 0 Å². The third kappa shape index (κ3) is 3.93. The average Bonchev–Trinajstić information content (AvgIpc) is 3.17. The molecule has 1 aliphatic rings. The average molecular weight is 456 g/mol. The summed E-state index contributed by atoms with van der Waals surface area (Å²) in [6.07, 6.45) is 0.940. The summed E-state index contributed by atoms with van der Waals surface area (Å²) in [7, 11) is 1.55. The number of halogens is 1. The fraction of sp³-hybridized carbons (Fsp3) is 0.250. The quantitative estimate of drug-likeness (QED) is 0.490. The molecule has 166 valence electrons. The molecular weight excluding hydrogens is 433 g/mol. The Bertz CT molecular complexity index is 1170. The van der Waals surface area contributed by atoms with Gasteiger partial charge in [-0.15, -0.1) is 11.3 Å². The van der Waals surface area contributed by atoms with E-state index < -0.39 is 17.7 Å². The lowest BCUT2D eigenvalue weighted by Gasteiger charge is -2.26. The number of hydrogen-bond acceptors (Lipinski definition) is 5. The summed E-state index contributed by atoms with van der Waals surface area (Å²) in [6.45, 7) is 2.47. The van der Waals surface area contributed by atoms with E-state index in [1.54, 1.807) is 13.2 Å². The molecule has 0 radical (unpaired) electrons. The van der Waals surface area contributed by atoms with E-state index in [0.29, 0.717) is 34.9 Å². The van der Waals surface area contributed by atoms with Crippen LogP contribution in [-0.2, 0) is 4.79 Å². The molecule has 1 aromatic heterocycles. The van der Waals surface area contributed by atoms with E-state index in [1.165, 1.54) is 24.3 Å². The molecule has 0 saturated heterocycles. The van der Waals surface area contributed by atoms with Crippen molar-refractivity contribution in [3.8, 4) is 22.6 Å². The van der Waals surface area contributed by atoms with Crippen molar-refractivity contribution < 1.29 is 28.6 Å². The molecule has 1 aliphatic heterocycles. The maximum absolute atomic E-state index is 13.5. The number of para-hydroxylation sites is 1. The molecule has 8 heteroatoms.